The molecule has 0 bridgehead atoms. The number of halogens is 4. The minimum atomic E-state index is -4.27. The van der Waals surface area contributed by atoms with Crippen molar-refractivity contribution < 1.29 is 40.0 Å². The molecule has 4 rings (SSSR count). The van der Waals surface area contributed by atoms with Gasteiger partial charge < -0.3 is 10.3 Å². The maximum Gasteiger partial charge on any atom is 0.289 e. The van der Waals surface area contributed by atoms with Crippen molar-refractivity contribution in [3.8, 4) is 0 Å². The van der Waals surface area contributed by atoms with E-state index in [1.807, 2.05) is 0 Å². The first-order valence-corrected chi connectivity index (χ1v) is 21.0. The Morgan fingerprint density at radius 3 is 1.57 bits per heavy atom. The van der Waals surface area contributed by atoms with E-state index in [-0.39, 0.29) is 13.1 Å². The monoisotopic (exact) mass is 938 g/mol. The molecule has 0 aliphatic heterocycles. The van der Waals surface area contributed by atoms with Gasteiger partial charge in [0.2, 0.25) is 20.0 Å². The van der Waals surface area contributed by atoms with E-state index in [1.54, 1.807) is 32.9 Å². The van der Waals surface area contributed by atoms with Crippen molar-refractivity contribution >= 4 is 74.6 Å². The molecule has 0 amide bonds. The van der Waals surface area contributed by atoms with Crippen LogP contribution in [0.4, 0.5) is 20.2 Å². The number of hydrogen-bond acceptors (Lipinski definition) is 11. The summed E-state index contributed by atoms with van der Waals surface area (Å²) in [4.78, 5) is 19.6. The highest BCUT2D eigenvalue weighted by atomic mass is 79.9. The normalized spacial score (nSPS) is 13.6. The summed E-state index contributed by atoms with van der Waals surface area (Å²) < 4.78 is 97.4. The van der Waals surface area contributed by atoms with Crippen molar-refractivity contribution in [2.45, 2.75) is 47.4 Å². The summed E-state index contributed by atoms with van der Waals surface area (Å²) >= 11 is 4.71. The lowest BCUT2D eigenvalue weighted by molar-refractivity contribution is -0.388. The van der Waals surface area contributed by atoms with Crippen molar-refractivity contribution in [2.75, 3.05) is 13.1 Å². The molecule has 0 radical (unpaired) electrons. The Kier molecular flexibility index (Phi) is 15.8. The number of benzene rings is 4. The number of para-hydroxylation sites is 2. The average Bonchev–Trinajstić information content (AvgIpc) is 3.08. The first-order valence-electron chi connectivity index (χ1n) is 15.3. The Morgan fingerprint density at radius 2 is 1.15 bits per heavy atom. The second-order valence-electron chi connectivity index (χ2n) is 12.2. The third-order valence-electron chi connectivity index (χ3n) is 7.08. The van der Waals surface area contributed by atoms with Gasteiger partial charge in [-0.25, -0.2) is 35.1 Å². The SMILES string of the molecule is CC(C)(C)[S+]([O-])N[C@H](CNS(=O)(=O)c1ccccc1[N+](=O)[O-])c1cc(F)cc(Br)c1.N[C@H](CNS(=O)(=O)c1ccccc1[N+](=O)[O-])c1cc(F)cc(Br)c1. The molecule has 0 spiro atoms. The molecular weight excluding hydrogens is 906 g/mol. The number of sulfonamides is 2. The van der Waals surface area contributed by atoms with Crippen LogP contribution in [0, 0.1) is 31.9 Å². The van der Waals surface area contributed by atoms with Gasteiger partial charge in [-0.2, -0.15) is 0 Å². The minimum absolute atomic E-state index is 0.246. The van der Waals surface area contributed by atoms with Crippen LogP contribution in [0.2, 0.25) is 0 Å². The summed E-state index contributed by atoms with van der Waals surface area (Å²) in [5.74, 6) is -1.08. The van der Waals surface area contributed by atoms with Crippen LogP contribution in [-0.4, -0.2) is 49.1 Å². The second-order valence-corrected chi connectivity index (χ2v) is 19.5. The van der Waals surface area contributed by atoms with E-state index in [4.69, 9.17) is 5.73 Å². The first kappa shape index (κ1) is 44.9. The number of rotatable bonds is 14. The molecule has 292 valence electrons. The lowest BCUT2D eigenvalue weighted by Crippen LogP contribution is -2.44. The van der Waals surface area contributed by atoms with Crippen molar-refractivity contribution in [3.63, 3.8) is 0 Å². The summed E-state index contributed by atoms with van der Waals surface area (Å²) in [5, 5.41) is 22.1. The van der Waals surface area contributed by atoms with Crippen molar-refractivity contribution in [1.29, 1.82) is 0 Å². The predicted octanol–water partition coefficient (Wildman–Crippen LogP) is 6.04. The van der Waals surface area contributed by atoms with E-state index < -0.39 is 90.9 Å². The predicted molar refractivity (Wildman–Crippen MR) is 205 cm³/mol. The van der Waals surface area contributed by atoms with Gasteiger partial charge >= 0.3 is 0 Å². The Labute approximate surface area is 330 Å². The highest BCUT2D eigenvalue weighted by Gasteiger charge is 2.32. The zero-order valence-corrected chi connectivity index (χ0v) is 34.2. The van der Waals surface area contributed by atoms with Crippen LogP contribution < -0.4 is 19.9 Å². The molecule has 3 atom stereocenters. The molecule has 0 aromatic heterocycles. The van der Waals surface area contributed by atoms with E-state index in [9.17, 15) is 50.4 Å². The standard InChI is InChI=1S/C18H21BrFN3O5S2.C14H13BrFN3O4S/c1-18(2,3)29(26)22-15(12-8-13(19)10-14(20)9-12)11-21-30(27,28)17-7-5-4-6-16(17)23(24)25;15-10-5-9(6-11(16)7-10)12(17)8-18-24(22,23)14-4-2-1-3-13(14)19(20)21/h4-10,15,21-22H,11H2,1-3H3;1-7,12,18H,8,17H2/t15-,29?;12-/m11/s1. The maximum absolute atomic E-state index is 13.9. The summed E-state index contributed by atoms with van der Waals surface area (Å²) in [7, 11) is -8.40. The fourth-order valence-corrected chi connectivity index (χ4v) is 8.68. The number of nitro benzene ring substituents is 2. The summed E-state index contributed by atoms with van der Waals surface area (Å²) in [6, 6.07) is 16.2. The van der Waals surface area contributed by atoms with Crippen molar-refractivity contribution in [3.05, 3.63) is 137 Å². The van der Waals surface area contributed by atoms with Gasteiger partial charge in [0.1, 0.15) is 16.4 Å². The second kappa shape index (κ2) is 18.9. The molecule has 1 unspecified atom stereocenters. The van der Waals surface area contributed by atoms with Crippen LogP contribution in [0.5, 0.6) is 0 Å². The zero-order chi connectivity index (χ0) is 40.6. The molecule has 0 heterocycles. The summed E-state index contributed by atoms with van der Waals surface area (Å²) in [5.41, 5.74) is 5.50. The number of nitrogens with one attached hydrogen (secondary N) is 3. The lowest BCUT2D eigenvalue weighted by atomic mass is 10.1. The lowest BCUT2D eigenvalue weighted by Gasteiger charge is -2.28. The molecule has 5 N–H and O–H groups in total. The molecular formula is C32H34Br2F2N6O9S3. The first-order chi connectivity index (χ1) is 25.0. The third-order valence-corrected chi connectivity index (χ3v) is 12.5. The van der Waals surface area contributed by atoms with Gasteiger partial charge in [-0.15, -0.1) is 4.72 Å². The summed E-state index contributed by atoms with van der Waals surface area (Å²) in [6.45, 7) is 4.63. The molecule has 0 fully saturated rings. The molecule has 15 nitrogen and oxygen atoms in total. The van der Waals surface area contributed by atoms with E-state index in [0.717, 1.165) is 24.3 Å². The van der Waals surface area contributed by atoms with E-state index in [0.29, 0.717) is 20.1 Å². The maximum atomic E-state index is 13.9. The topological polar surface area (TPSA) is 240 Å². The third kappa shape index (κ3) is 12.8. The summed E-state index contributed by atoms with van der Waals surface area (Å²) in [6.07, 6.45) is 0. The fourth-order valence-electron chi connectivity index (χ4n) is 4.44. The average molecular weight is 941 g/mol. The van der Waals surface area contributed by atoms with Crippen LogP contribution in [0.15, 0.2) is 104 Å². The van der Waals surface area contributed by atoms with Crippen LogP contribution in [0.25, 0.3) is 0 Å². The smallest absolute Gasteiger partial charge is 0.289 e. The number of nitro groups is 2. The number of nitrogens with two attached hydrogens (primary N) is 1. The van der Waals surface area contributed by atoms with Crippen LogP contribution in [0.1, 0.15) is 44.0 Å². The Bertz CT molecular complexity index is 2180. The Morgan fingerprint density at radius 1 is 0.741 bits per heavy atom. The van der Waals surface area contributed by atoms with Gasteiger partial charge in [0, 0.05) is 51.6 Å². The van der Waals surface area contributed by atoms with E-state index >= 15 is 0 Å². The van der Waals surface area contributed by atoms with Crippen LogP contribution >= 0.6 is 31.9 Å². The number of nitrogens with zero attached hydrogens (tertiary/aromatic N) is 2. The molecule has 0 aliphatic rings. The van der Waals surface area contributed by atoms with E-state index in [1.165, 1.54) is 48.5 Å². The quantitative estimate of drug-likeness (QED) is 0.0645. The molecule has 4 aromatic carbocycles. The minimum Gasteiger partial charge on any atom is -0.598 e. The van der Waals surface area contributed by atoms with Gasteiger partial charge in [0.15, 0.2) is 9.79 Å². The zero-order valence-electron chi connectivity index (χ0n) is 28.5. The molecule has 4 aromatic rings. The molecule has 54 heavy (non-hydrogen) atoms. The van der Waals surface area contributed by atoms with Crippen LogP contribution in [0.3, 0.4) is 0 Å². The number of hydrogen-bond donors (Lipinski definition) is 4. The van der Waals surface area contributed by atoms with Crippen molar-refractivity contribution in [2.24, 2.45) is 5.73 Å². The fraction of sp³-hybridized carbons (Fsp3) is 0.250. The molecule has 0 aliphatic carbocycles. The van der Waals surface area contributed by atoms with Gasteiger partial charge in [0.05, 0.1) is 15.9 Å². The Hall–Kier alpha value is -3.45. The van der Waals surface area contributed by atoms with Gasteiger partial charge in [-0.05, 0) is 80.4 Å². The van der Waals surface area contributed by atoms with Gasteiger partial charge in [0.25, 0.3) is 11.4 Å². The highest BCUT2D eigenvalue weighted by Crippen LogP contribution is 2.27. The van der Waals surface area contributed by atoms with E-state index in [2.05, 4.69) is 46.0 Å². The Balaban J connectivity index is 0.000000297. The van der Waals surface area contributed by atoms with Crippen molar-refractivity contribution in [1.82, 2.24) is 14.2 Å². The largest absolute Gasteiger partial charge is 0.598 e. The van der Waals surface area contributed by atoms with Crippen LogP contribution in [-0.2, 0) is 31.4 Å². The highest BCUT2D eigenvalue weighted by molar-refractivity contribution is 9.10. The molecule has 0 saturated carbocycles. The van der Waals surface area contributed by atoms with Gasteiger partial charge in [-0.1, -0.05) is 56.1 Å². The van der Waals surface area contributed by atoms with Gasteiger partial charge in [-0.3, -0.25) is 20.2 Å². The molecule has 22 heteroatoms. The molecule has 0 saturated heterocycles.